The highest BCUT2D eigenvalue weighted by atomic mass is 79.9. The number of hydrogen-bond acceptors (Lipinski definition) is 2. The zero-order valence-corrected chi connectivity index (χ0v) is 12.2. The molecule has 2 nitrogen and oxygen atoms in total. The third kappa shape index (κ3) is 1.81. The Kier molecular flexibility index (Phi) is 3.01. The zero-order valence-electron chi connectivity index (χ0n) is 9.04. The summed E-state index contributed by atoms with van der Waals surface area (Å²) in [5.41, 5.74) is 2.42. The molecule has 0 aliphatic rings. The minimum absolute atomic E-state index is 0.671. The monoisotopic (exact) mass is 339 g/mol. The summed E-state index contributed by atoms with van der Waals surface area (Å²) in [6.45, 7) is 0. The lowest BCUT2D eigenvalue weighted by atomic mass is 10.1. The van der Waals surface area contributed by atoms with E-state index in [9.17, 15) is 4.79 Å². The van der Waals surface area contributed by atoms with Gasteiger partial charge in [-0.05, 0) is 34.1 Å². The van der Waals surface area contributed by atoms with Gasteiger partial charge in [0, 0.05) is 15.4 Å². The topological polar surface area (TPSA) is 32.9 Å². The lowest BCUT2D eigenvalue weighted by Gasteiger charge is -1.93. The molecule has 90 valence electrons. The average Bonchev–Trinajstić information content (AvgIpc) is 2.93. The Morgan fingerprint density at radius 1 is 1.28 bits per heavy atom. The van der Waals surface area contributed by atoms with Crippen LogP contribution >= 0.6 is 38.9 Å². The lowest BCUT2D eigenvalue weighted by Crippen LogP contribution is -1.80. The summed E-state index contributed by atoms with van der Waals surface area (Å²) in [6, 6.07) is 9.53. The van der Waals surface area contributed by atoms with Crippen molar-refractivity contribution in [3.8, 4) is 10.6 Å². The first-order chi connectivity index (χ1) is 8.70. The Morgan fingerprint density at radius 3 is 2.78 bits per heavy atom. The maximum absolute atomic E-state index is 11.3. The molecule has 18 heavy (non-hydrogen) atoms. The van der Waals surface area contributed by atoms with E-state index in [0.29, 0.717) is 9.90 Å². The van der Waals surface area contributed by atoms with Crippen molar-refractivity contribution < 1.29 is 4.79 Å². The van der Waals surface area contributed by atoms with Gasteiger partial charge in [0.25, 0.3) is 0 Å². The number of aromatic nitrogens is 1. The molecule has 0 spiro atoms. The SMILES string of the molecule is O=Cc1c(-c2ccc(Cl)s2)[nH]c2c(Br)cccc12. The van der Waals surface area contributed by atoms with Crippen LogP contribution in [0.5, 0.6) is 0 Å². The Labute approximate surface area is 121 Å². The Bertz CT molecular complexity index is 747. The Hall–Kier alpha value is -1.10. The molecule has 3 aromatic rings. The molecule has 0 aliphatic carbocycles. The molecule has 0 bridgehead atoms. The van der Waals surface area contributed by atoms with Crippen LogP contribution in [-0.4, -0.2) is 11.3 Å². The van der Waals surface area contributed by atoms with Crippen LogP contribution in [0.25, 0.3) is 21.5 Å². The summed E-state index contributed by atoms with van der Waals surface area (Å²) < 4.78 is 1.65. The molecule has 1 aromatic carbocycles. The molecule has 0 saturated carbocycles. The van der Waals surface area contributed by atoms with Gasteiger partial charge < -0.3 is 4.98 Å². The molecule has 1 N–H and O–H groups in total. The minimum Gasteiger partial charge on any atom is -0.352 e. The van der Waals surface area contributed by atoms with Crippen LogP contribution in [-0.2, 0) is 0 Å². The third-order valence-corrected chi connectivity index (χ3v) is 4.67. The number of carbonyl (C=O) groups is 1. The number of carbonyl (C=O) groups excluding carboxylic acids is 1. The second-order valence-electron chi connectivity index (χ2n) is 3.80. The highest BCUT2D eigenvalue weighted by Gasteiger charge is 2.15. The fourth-order valence-electron chi connectivity index (χ4n) is 1.97. The van der Waals surface area contributed by atoms with E-state index in [4.69, 9.17) is 11.6 Å². The van der Waals surface area contributed by atoms with Crippen molar-refractivity contribution in [3.05, 3.63) is 44.7 Å². The van der Waals surface area contributed by atoms with Gasteiger partial charge in [0.05, 0.1) is 20.4 Å². The first kappa shape index (κ1) is 12.0. The van der Waals surface area contributed by atoms with Gasteiger partial charge in [0.2, 0.25) is 0 Å². The van der Waals surface area contributed by atoms with Gasteiger partial charge in [-0.1, -0.05) is 23.7 Å². The first-order valence-electron chi connectivity index (χ1n) is 5.22. The van der Waals surface area contributed by atoms with Gasteiger partial charge >= 0.3 is 0 Å². The van der Waals surface area contributed by atoms with Crippen LogP contribution in [0.1, 0.15) is 10.4 Å². The van der Waals surface area contributed by atoms with E-state index in [0.717, 1.165) is 32.2 Å². The molecule has 3 rings (SSSR count). The molecule has 0 radical (unpaired) electrons. The van der Waals surface area contributed by atoms with E-state index in [1.54, 1.807) is 0 Å². The molecular weight excluding hydrogens is 334 g/mol. The number of para-hydroxylation sites is 1. The molecule has 0 aliphatic heterocycles. The van der Waals surface area contributed by atoms with Crippen molar-refractivity contribution in [1.29, 1.82) is 0 Å². The van der Waals surface area contributed by atoms with E-state index in [1.807, 2.05) is 30.3 Å². The van der Waals surface area contributed by atoms with Crippen molar-refractivity contribution in [2.45, 2.75) is 0 Å². The van der Waals surface area contributed by atoms with Gasteiger partial charge in [0.1, 0.15) is 0 Å². The molecular formula is C13H7BrClNOS. The molecule has 0 unspecified atom stereocenters. The lowest BCUT2D eigenvalue weighted by molar-refractivity contribution is 0.112. The fourth-order valence-corrected chi connectivity index (χ4v) is 3.49. The molecule has 0 fully saturated rings. The van der Waals surface area contributed by atoms with E-state index >= 15 is 0 Å². The van der Waals surface area contributed by atoms with Crippen LogP contribution in [0, 0.1) is 0 Å². The standard InChI is InChI=1S/C13H7BrClNOS/c14-9-3-1-2-7-8(6-17)13(16-12(7)9)10-4-5-11(15)18-10/h1-6,16H. The molecule has 0 amide bonds. The summed E-state index contributed by atoms with van der Waals surface area (Å²) in [6.07, 6.45) is 0.883. The maximum Gasteiger partial charge on any atom is 0.152 e. The predicted octanol–water partition coefficient (Wildman–Crippen LogP) is 5.12. The molecule has 5 heteroatoms. The summed E-state index contributed by atoms with van der Waals surface area (Å²) in [5, 5.41) is 0.916. The van der Waals surface area contributed by atoms with Gasteiger partial charge in [-0.2, -0.15) is 0 Å². The smallest absolute Gasteiger partial charge is 0.152 e. The Balaban J connectivity index is 2.36. The molecule has 0 atom stereocenters. The maximum atomic E-state index is 11.3. The van der Waals surface area contributed by atoms with Crippen LogP contribution in [0.15, 0.2) is 34.8 Å². The van der Waals surface area contributed by atoms with Crippen LogP contribution in [0.4, 0.5) is 0 Å². The van der Waals surface area contributed by atoms with Crippen molar-refractivity contribution in [3.63, 3.8) is 0 Å². The van der Waals surface area contributed by atoms with Crippen molar-refractivity contribution in [1.82, 2.24) is 4.98 Å². The van der Waals surface area contributed by atoms with Crippen molar-refractivity contribution in [2.24, 2.45) is 0 Å². The summed E-state index contributed by atoms with van der Waals surface area (Å²) in [7, 11) is 0. The van der Waals surface area contributed by atoms with Crippen molar-refractivity contribution in [2.75, 3.05) is 0 Å². The van der Waals surface area contributed by atoms with E-state index < -0.39 is 0 Å². The zero-order chi connectivity index (χ0) is 12.7. The number of benzene rings is 1. The molecule has 2 aromatic heterocycles. The number of hydrogen-bond donors (Lipinski definition) is 1. The third-order valence-electron chi connectivity index (χ3n) is 2.76. The number of rotatable bonds is 2. The second kappa shape index (κ2) is 4.53. The fraction of sp³-hybridized carbons (Fsp3) is 0. The number of aldehydes is 1. The van der Waals surface area contributed by atoms with Crippen LogP contribution in [0.2, 0.25) is 4.34 Å². The summed E-state index contributed by atoms with van der Waals surface area (Å²) in [4.78, 5) is 15.6. The Morgan fingerprint density at radius 2 is 2.11 bits per heavy atom. The summed E-state index contributed by atoms with van der Waals surface area (Å²) in [5.74, 6) is 0. The number of thiophene rings is 1. The van der Waals surface area contributed by atoms with Crippen LogP contribution < -0.4 is 0 Å². The quantitative estimate of drug-likeness (QED) is 0.645. The minimum atomic E-state index is 0.671. The number of nitrogens with one attached hydrogen (secondary N) is 1. The average molecular weight is 341 g/mol. The largest absolute Gasteiger partial charge is 0.352 e. The first-order valence-corrected chi connectivity index (χ1v) is 7.20. The molecule has 2 heterocycles. The highest BCUT2D eigenvalue weighted by molar-refractivity contribution is 9.10. The number of fused-ring (bicyclic) bond motifs is 1. The van der Waals surface area contributed by atoms with Crippen molar-refractivity contribution >= 4 is 56.1 Å². The van der Waals surface area contributed by atoms with Gasteiger partial charge in [-0.3, -0.25) is 4.79 Å². The number of aromatic amines is 1. The van der Waals surface area contributed by atoms with Gasteiger partial charge in [0.15, 0.2) is 6.29 Å². The number of H-pyrrole nitrogens is 1. The van der Waals surface area contributed by atoms with Gasteiger partial charge in [-0.25, -0.2) is 0 Å². The highest BCUT2D eigenvalue weighted by Crippen LogP contribution is 2.37. The summed E-state index contributed by atoms with van der Waals surface area (Å²) >= 11 is 10.9. The van der Waals surface area contributed by atoms with E-state index in [1.165, 1.54) is 11.3 Å². The normalized spacial score (nSPS) is 11.0. The second-order valence-corrected chi connectivity index (χ2v) is 6.37. The van der Waals surface area contributed by atoms with Gasteiger partial charge in [-0.15, -0.1) is 11.3 Å². The van der Waals surface area contributed by atoms with Crippen LogP contribution in [0.3, 0.4) is 0 Å². The van der Waals surface area contributed by atoms with E-state index in [2.05, 4.69) is 20.9 Å². The number of halogens is 2. The van der Waals surface area contributed by atoms with E-state index in [-0.39, 0.29) is 0 Å². The predicted molar refractivity (Wildman–Crippen MR) is 79.7 cm³/mol. The molecule has 0 saturated heterocycles.